The van der Waals surface area contributed by atoms with Gasteiger partial charge >= 0.3 is 0 Å². The Balaban J connectivity index is 2.52. The molecule has 4 heteroatoms. The zero-order valence-electron chi connectivity index (χ0n) is 7.82. The minimum atomic E-state index is 0.384. The van der Waals surface area contributed by atoms with E-state index in [9.17, 15) is 0 Å². The highest BCUT2D eigenvalue weighted by Crippen LogP contribution is 2.27. The van der Waals surface area contributed by atoms with Crippen LogP contribution >= 0.6 is 23.2 Å². The molecule has 2 rings (SSSR count). The van der Waals surface area contributed by atoms with E-state index in [2.05, 4.69) is 9.97 Å². The topological polar surface area (TPSA) is 25.8 Å². The summed E-state index contributed by atoms with van der Waals surface area (Å²) in [5, 5.41) is 0.620. The van der Waals surface area contributed by atoms with Crippen molar-refractivity contribution in [3.05, 3.63) is 47.5 Å². The highest BCUT2D eigenvalue weighted by Gasteiger charge is 2.04. The fourth-order valence-corrected chi connectivity index (χ4v) is 1.67. The second-order valence-electron chi connectivity index (χ2n) is 3.03. The van der Waals surface area contributed by atoms with E-state index in [1.165, 1.54) is 0 Å². The van der Waals surface area contributed by atoms with Gasteiger partial charge in [0, 0.05) is 24.2 Å². The molecule has 0 saturated carbocycles. The Morgan fingerprint density at radius 1 is 1.20 bits per heavy atom. The first-order valence-electron chi connectivity index (χ1n) is 4.42. The van der Waals surface area contributed by atoms with Gasteiger partial charge in [-0.1, -0.05) is 11.6 Å². The van der Waals surface area contributed by atoms with Gasteiger partial charge in [0.15, 0.2) is 0 Å². The molecule has 0 aliphatic carbocycles. The summed E-state index contributed by atoms with van der Waals surface area (Å²) in [5.41, 5.74) is 2.77. The van der Waals surface area contributed by atoms with Gasteiger partial charge in [0.1, 0.15) is 0 Å². The van der Waals surface area contributed by atoms with Crippen molar-refractivity contribution < 1.29 is 0 Å². The molecule has 0 radical (unpaired) electrons. The summed E-state index contributed by atoms with van der Waals surface area (Å²) in [6.45, 7) is 0. The van der Waals surface area contributed by atoms with Crippen LogP contribution in [0.25, 0.3) is 11.1 Å². The molecule has 2 aromatic rings. The molecule has 0 aliphatic rings. The van der Waals surface area contributed by atoms with Gasteiger partial charge in [-0.05, 0) is 23.8 Å². The molecule has 0 amide bonds. The zero-order chi connectivity index (χ0) is 10.7. The monoisotopic (exact) mass is 238 g/mol. The number of hydrogen-bond donors (Lipinski definition) is 0. The van der Waals surface area contributed by atoms with Crippen LogP contribution in [0.3, 0.4) is 0 Å². The lowest BCUT2D eigenvalue weighted by atomic mass is 10.1. The van der Waals surface area contributed by atoms with Crippen LogP contribution < -0.4 is 0 Å². The zero-order valence-corrected chi connectivity index (χ0v) is 9.33. The van der Waals surface area contributed by atoms with Gasteiger partial charge in [-0.2, -0.15) is 0 Å². The van der Waals surface area contributed by atoms with Crippen molar-refractivity contribution in [3.8, 4) is 11.1 Å². The van der Waals surface area contributed by atoms with Gasteiger partial charge in [-0.3, -0.25) is 9.97 Å². The summed E-state index contributed by atoms with van der Waals surface area (Å²) in [6, 6.07) is 5.70. The van der Waals surface area contributed by atoms with Crippen molar-refractivity contribution in [3.63, 3.8) is 0 Å². The van der Waals surface area contributed by atoms with Crippen LogP contribution in [-0.2, 0) is 5.88 Å². The minimum absolute atomic E-state index is 0.384. The number of halogens is 2. The highest BCUT2D eigenvalue weighted by molar-refractivity contribution is 6.33. The van der Waals surface area contributed by atoms with Gasteiger partial charge < -0.3 is 0 Å². The number of pyridine rings is 2. The van der Waals surface area contributed by atoms with Crippen molar-refractivity contribution in [1.82, 2.24) is 9.97 Å². The van der Waals surface area contributed by atoms with Crippen LogP contribution in [0.2, 0.25) is 5.02 Å². The van der Waals surface area contributed by atoms with E-state index < -0.39 is 0 Å². The van der Waals surface area contributed by atoms with Crippen molar-refractivity contribution >= 4 is 23.2 Å². The molecule has 2 nitrogen and oxygen atoms in total. The predicted molar refractivity (Wildman–Crippen MR) is 62.0 cm³/mol. The van der Waals surface area contributed by atoms with E-state index in [1.54, 1.807) is 18.6 Å². The third-order valence-corrected chi connectivity index (χ3v) is 2.62. The molecule has 0 unspecified atom stereocenters. The fourth-order valence-electron chi connectivity index (χ4n) is 1.31. The van der Waals surface area contributed by atoms with Gasteiger partial charge in [0.2, 0.25) is 0 Å². The normalized spacial score (nSPS) is 10.3. The van der Waals surface area contributed by atoms with E-state index in [0.29, 0.717) is 10.9 Å². The van der Waals surface area contributed by atoms with Crippen molar-refractivity contribution in [2.75, 3.05) is 0 Å². The van der Waals surface area contributed by atoms with Gasteiger partial charge in [-0.15, -0.1) is 11.6 Å². The van der Waals surface area contributed by atoms with E-state index in [1.807, 2.05) is 18.2 Å². The molecule has 0 fully saturated rings. The smallest absolute Gasteiger partial charge is 0.0667 e. The largest absolute Gasteiger partial charge is 0.265 e. The second-order valence-corrected chi connectivity index (χ2v) is 3.70. The quantitative estimate of drug-likeness (QED) is 0.749. The molecule has 0 N–H and O–H groups in total. The lowest BCUT2D eigenvalue weighted by Gasteiger charge is -2.05. The maximum atomic E-state index is 6.06. The summed E-state index contributed by atoms with van der Waals surface area (Å²) in [7, 11) is 0. The third-order valence-electron chi connectivity index (χ3n) is 2.04. The number of nitrogens with zero attached hydrogens (tertiary/aromatic N) is 2. The second kappa shape index (κ2) is 4.60. The van der Waals surface area contributed by atoms with Gasteiger partial charge in [0.05, 0.1) is 16.6 Å². The Bertz CT molecular complexity index is 457. The molecule has 0 spiro atoms. The first-order chi connectivity index (χ1) is 7.31. The molecular weight excluding hydrogens is 231 g/mol. The molecule has 2 heterocycles. The van der Waals surface area contributed by atoms with E-state index >= 15 is 0 Å². The van der Waals surface area contributed by atoms with Crippen LogP contribution in [-0.4, -0.2) is 9.97 Å². The molecule has 0 atom stereocenters. The van der Waals surface area contributed by atoms with E-state index in [-0.39, 0.29) is 0 Å². The lowest BCUT2D eigenvalue weighted by Crippen LogP contribution is -1.88. The predicted octanol–water partition coefficient (Wildman–Crippen LogP) is 3.54. The lowest BCUT2D eigenvalue weighted by molar-refractivity contribution is 1.17. The maximum absolute atomic E-state index is 6.06. The first-order valence-corrected chi connectivity index (χ1v) is 5.33. The first kappa shape index (κ1) is 10.4. The number of aromatic nitrogens is 2. The molecule has 0 bridgehead atoms. The molecule has 76 valence electrons. The Morgan fingerprint density at radius 2 is 1.93 bits per heavy atom. The maximum Gasteiger partial charge on any atom is 0.0667 e. The standard InChI is InChI=1S/C11H8Cl2N2/c12-6-9-5-10(11(13)7-15-9)8-1-3-14-4-2-8/h1-5,7H,6H2. The molecule has 0 saturated heterocycles. The molecule has 0 aromatic carbocycles. The number of hydrogen-bond acceptors (Lipinski definition) is 2. The average molecular weight is 239 g/mol. The summed E-state index contributed by atoms with van der Waals surface area (Å²) < 4.78 is 0. The van der Waals surface area contributed by atoms with Gasteiger partial charge in [-0.25, -0.2) is 0 Å². The van der Waals surface area contributed by atoms with Crippen molar-refractivity contribution in [2.24, 2.45) is 0 Å². The Kier molecular flexibility index (Phi) is 3.19. The van der Waals surface area contributed by atoms with Crippen LogP contribution in [0.15, 0.2) is 36.8 Å². The molecule has 0 aliphatic heterocycles. The highest BCUT2D eigenvalue weighted by atomic mass is 35.5. The average Bonchev–Trinajstić information content (AvgIpc) is 2.31. The third kappa shape index (κ3) is 2.28. The summed E-state index contributed by atoms with van der Waals surface area (Å²) in [5.74, 6) is 0.384. The number of alkyl halides is 1. The van der Waals surface area contributed by atoms with E-state index in [0.717, 1.165) is 16.8 Å². The van der Waals surface area contributed by atoms with Crippen LogP contribution in [0.1, 0.15) is 5.69 Å². The summed E-state index contributed by atoms with van der Waals surface area (Å²) in [4.78, 5) is 8.06. The number of rotatable bonds is 2. The fraction of sp³-hybridized carbons (Fsp3) is 0.0909. The molecule has 15 heavy (non-hydrogen) atoms. The Labute approximate surface area is 97.9 Å². The summed E-state index contributed by atoms with van der Waals surface area (Å²) in [6.07, 6.45) is 5.08. The Hall–Kier alpha value is -1.12. The van der Waals surface area contributed by atoms with Crippen LogP contribution in [0, 0.1) is 0 Å². The molecule has 2 aromatic heterocycles. The van der Waals surface area contributed by atoms with Crippen LogP contribution in [0.4, 0.5) is 0 Å². The summed E-state index contributed by atoms with van der Waals surface area (Å²) >= 11 is 11.8. The Morgan fingerprint density at radius 3 is 2.60 bits per heavy atom. The SMILES string of the molecule is ClCc1cc(-c2ccncc2)c(Cl)cn1. The minimum Gasteiger partial charge on any atom is -0.265 e. The van der Waals surface area contributed by atoms with Gasteiger partial charge in [0.25, 0.3) is 0 Å². The van der Waals surface area contributed by atoms with Crippen molar-refractivity contribution in [1.29, 1.82) is 0 Å². The molecular formula is C11H8Cl2N2. The van der Waals surface area contributed by atoms with Crippen LogP contribution in [0.5, 0.6) is 0 Å². The van der Waals surface area contributed by atoms with E-state index in [4.69, 9.17) is 23.2 Å². The van der Waals surface area contributed by atoms with Crippen molar-refractivity contribution in [2.45, 2.75) is 5.88 Å².